The van der Waals surface area contributed by atoms with Crippen molar-refractivity contribution in [2.45, 2.75) is 58.6 Å². The maximum atomic E-state index is 13.5. The summed E-state index contributed by atoms with van der Waals surface area (Å²) in [5.74, 6) is 0.913. The van der Waals surface area contributed by atoms with Gasteiger partial charge in [0.25, 0.3) is 0 Å². The topological polar surface area (TPSA) is 94.6 Å². The number of hydrogen-bond donors (Lipinski definition) is 0. The van der Waals surface area contributed by atoms with Crippen LogP contribution >= 0.6 is 0 Å². The van der Waals surface area contributed by atoms with Gasteiger partial charge in [-0.25, -0.2) is 4.79 Å². The third kappa shape index (κ3) is 5.24. The maximum Gasteiger partial charge on any atom is 0.424 e. The molecule has 2 aliphatic rings. The van der Waals surface area contributed by atoms with Crippen LogP contribution in [0.3, 0.4) is 0 Å². The fourth-order valence-corrected chi connectivity index (χ4v) is 4.61. The van der Waals surface area contributed by atoms with Gasteiger partial charge in [-0.1, -0.05) is 0 Å². The van der Waals surface area contributed by atoms with Crippen molar-refractivity contribution in [3.05, 3.63) is 17.7 Å². The van der Waals surface area contributed by atoms with E-state index in [-0.39, 0.29) is 6.42 Å². The molecule has 0 aromatic heterocycles. The lowest BCUT2D eigenvalue weighted by atomic mass is 9.72. The van der Waals surface area contributed by atoms with Crippen molar-refractivity contribution in [1.29, 1.82) is 0 Å². The Hall–Kier alpha value is -2.81. The van der Waals surface area contributed by atoms with Crippen LogP contribution in [0.1, 0.15) is 52.0 Å². The standard InChI is InChI=1S/C24H34N2O7/c1-23(2,3)33-22(29)26-20(27)8-10-24(21(26)28)9-7-11-25(15-24)14-17-18(31-5)12-16(30-4)13-19(17)32-6/h12-13H,7-11,14-15H2,1-6H3. The maximum absolute atomic E-state index is 13.5. The number of hydrogen-bond acceptors (Lipinski definition) is 8. The van der Waals surface area contributed by atoms with Crippen molar-refractivity contribution in [2.75, 3.05) is 34.4 Å². The van der Waals surface area contributed by atoms with E-state index in [4.69, 9.17) is 18.9 Å². The van der Waals surface area contributed by atoms with Gasteiger partial charge in [0.2, 0.25) is 11.8 Å². The number of rotatable bonds is 5. The van der Waals surface area contributed by atoms with Gasteiger partial charge in [0, 0.05) is 31.6 Å². The smallest absolute Gasteiger partial charge is 0.424 e. The zero-order chi connectivity index (χ0) is 24.4. The molecule has 1 atom stereocenters. The van der Waals surface area contributed by atoms with Gasteiger partial charge in [0.1, 0.15) is 22.8 Å². The van der Waals surface area contributed by atoms with Crippen LogP contribution in [0.2, 0.25) is 0 Å². The first-order valence-corrected chi connectivity index (χ1v) is 11.1. The fourth-order valence-electron chi connectivity index (χ4n) is 4.61. The van der Waals surface area contributed by atoms with Crippen LogP contribution in [0, 0.1) is 5.41 Å². The Morgan fingerprint density at radius 1 is 1.03 bits per heavy atom. The first-order chi connectivity index (χ1) is 15.5. The molecule has 3 amide bonds. The highest BCUT2D eigenvalue weighted by Gasteiger charge is 2.52. The number of imide groups is 3. The molecule has 33 heavy (non-hydrogen) atoms. The minimum absolute atomic E-state index is 0.133. The summed E-state index contributed by atoms with van der Waals surface area (Å²) in [5.41, 5.74) is -0.764. The van der Waals surface area contributed by atoms with Crippen molar-refractivity contribution in [1.82, 2.24) is 9.80 Å². The van der Waals surface area contributed by atoms with Gasteiger partial charge >= 0.3 is 6.09 Å². The SMILES string of the molecule is COc1cc(OC)c(CN2CCCC3(CCC(=O)N(C(=O)OC(C)(C)C)C3=O)C2)c(OC)c1. The number of methoxy groups -OCH3 is 3. The summed E-state index contributed by atoms with van der Waals surface area (Å²) in [4.78, 5) is 41.5. The molecular weight excluding hydrogens is 428 g/mol. The van der Waals surface area contributed by atoms with Crippen molar-refractivity contribution >= 4 is 17.9 Å². The number of carbonyl (C=O) groups excluding carboxylic acids is 3. The van der Waals surface area contributed by atoms with Gasteiger partial charge < -0.3 is 18.9 Å². The summed E-state index contributed by atoms with van der Waals surface area (Å²) in [5, 5.41) is 0. The Balaban J connectivity index is 1.85. The molecule has 2 heterocycles. The number of likely N-dealkylation sites (tertiary alicyclic amines) is 2. The number of amides is 3. The summed E-state index contributed by atoms with van der Waals surface area (Å²) in [6, 6.07) is 3.60. The van der Waals surface area contributed by atoms with Crippen LogP contribution in [-0.2, 0) is 20.9 Å². The summed E-state index contributed by atoms with van der Waals surface area (Å²) in [6.45, 7) is 6.81. The lowest BCUT2D eigenvalue weighted by Gasteiger charge is -2.45. The molecule has 182 valence electrons. The average Bonchev–Trinajstić information content (AvgIpc) is 2.76. The molecule has 1 spiro atoms. The highest BCUT2D eigenvalue weighted by Crippen LogP contribution is 2.42. The van der Waals surface area contributed by atoms with Crippen molar-refractivity contribution in [3.8, 4) is 17.2 Å². The molecule has 2 fully saturated rings. The second-order valence-electron chi connectivity index (χ2n) is 9.62. The molecule has 9 heteroatoms. The quantitative estimate of drug-likeness (QED) is 0.615. The van der Waals surface area contributed by atoms with Crippen molar-refractivity contribution < 1.29 is 33.3 Å². The predicted molar refractivity (Wildman–Crippen MR) is 120 cm³/mol. The van der Waals surface area contributed by atoms with Gasteiger partial charge in [-0.05, 0) is 46.6 Å². The van der Waals surface area contributed by atoms with E-state index in [1.807, 2.05) is 0 Å². The number of nitrogens with zero attached hydrogens (tertiary/aromatic N) is 2. The summed E-state index contributed by atoms with van der Waals surface area (Å²) in [7, 11) is 4.75. The van der Waals surface area contributed by atoms with Gasteiger partial charge in [0.15, 0.2) is 0 Å². The molecule has 1 unspecified atom stereocenters. The summed E-state index contributed by atoms with van der Waals surface area (Å²) >= 11 is 0. The Bertz CT molecular complexity index is 899. The van der Waals surface area contributed by atoms with E-state index in [0.29, 0.717) is 48.1 Å². The van der Waals surface area contributed by atoms with Crippen molar-refractivity contribution in [3.63, 3.8) is 0 Å². The first-order valence-electron chi connectivity index (χ1n) is 11.1. The second-order valence-corrected chi connectivity index (χ2v) is 9.62. The van der Waals surface area contributed by atoms with Gasteiger partial charge in [-0.2, -0.15) is 4.90 Å². The van der Waals surface area contributed by atoms with Crippen molar-refractivity contribution in [2.24, 2.45) is 5.41 Å². The van der Waals surface area contributed by atoms with E-state index in [1.165, 1.54) is 0 Å². The van der Waals surface area contributed by atoms with E-state index in [2.05, 4.69) is 4.90 Å². The minimum Gasteiger partial charge on any atom is -0.496 e. The molecule has 0 N–H and O–H groups in total. The molecule has 0 bridgehead atoms. The predicted octanol–water partition coefficient (Wildman–Crippen LogP) is 3.38. The van der Waals surface area contributed by atoms with Crippen LogP contribution in [0.5, 0.6) is 17.2 Å². The monoisotopic (exact) mass is 462 g/mol. The van der Waals surface area contributed by atoms with E-state index >= 15 is 0 Å². The van der Waals surface area contributed by atoms with Gasteiger partial charge in [-0.15, -0.1) is 0 Å². The lowest BCUT2D eigenvalue weighted by molar-refractivity contribution is -0.159. The Labute approximate surface area is 194 Å². The lowest BCUT2D eigenvalue weighted by Crippen LogP contribution is -2.59. The molecule has 0 saturated carbocycles. The van der Waals surface area contributed by atoms with E-state index in [9.17, 15) is 14.4 Å². The molecule has 9 nitrogen and oxygen atoms in total. The number of ether oxygens (including phenoxy) is 4. The van der Waals surface area contributed by atoms with Crippen LogP contribution in [0.15, 0.2) is 12.1 Å². The van der Waals surface area contributed by atoms with E-state index in [0.717, 1.165) is 18.5 Å². The van der Waals surface area contributed by atoms with Gasteiger partial charge in [0.05, 0.1) is 32.3 Å². The molecule has 0 aliphatic carbocycles. The molecule has 1 aromatic rings. The Kier molecular flexibility index (Phi) is 7.21. The largest absolute Gasteiger partial charge is 0.496 e. The zero-order valence-electron chi connectivity index (χ0n) is 20.4. The molecule has 1 aromatic carbocycles. The molecule has 0 radical (unpaired) electrons. The highest BCUT2D eigenvalue weighted by atomic mass is 16.6. The van der Waals surface area contributed by atoms with E-state index < -0.39 is 28.9 Å². The van der Waals surface area contributed by atoms with Crippen LogP contribution in [0.25, 0.3) is 0 Å². The van der Waals surface area contributed by atoms with Crippen LogP contribution in [-0.4, -0.2) is 67.7 Å². The number of carbonyl (C=O) groups is 3. The van der Waals surface area contributed by atoms with Gasteiger partial charge in [-0.3, -0.25) is 14.5 Å². The molecule has 2 saturated heterocycles. The molecule has 2 aliphatic heterocycles. The third-order valence-electron chi connectivity index (χ3n) is 6.15. The fraction of sp³-hybridized carbons (Fsp3) is 0.625. The second kappa shape index (κ2) is 9.59. The number of piperidine rings is 2. The first kappa shape index (κ1) is 24.8. The minimum atomic E-state index is -0.896. The Morgan fingerprint density at radius 2 is 1.67 bits per heavy atom. The van der Waals surface area contributed by atoms with Crippen LogP contribution in [0.4, 0.5) is 4.79 Å². The number of benzene rings is 1. The average molecular weight is 463 g/mol. The Morgan fingerprint density at radius 3 is 2.21 bits per heavy atom. The zero-order valence-corrected chi connectivity index (χ0v) is 20.4. The normalized spacial score (nSPS) is 21.8. The highest BCUT2D eigenvalue weighted by molar-refractivity contribution is 6.12. The van der Waals surface area contributed by atoms with Crippen LogP contribution < -0.4 is 14.2 Å². The molecular formula is C24H34N2O7. The third-order valence-corrected chi connectivity index (χ3v) is 6.15. The summed E-state index contributed by atoms with van der Waals surface area (Å²) < 4.78 is 21.8. The molecule has 3 rings (SSSR count). The summed E-state index contributed by atoms with van der Waals surface area (Å²) in [6.07, 6.45) is 1.03. The van der Waals surface area contributed by atoms with E-state index in [1.54, 1.807) is 54.2 Å².